The first-order chi connectivity index (χ1) is 17.8. The van der Waals surface area contributed by atoms with Crippen LogP contribution in [0.5, 0.6) is 0 Å². The first-order valence-corrected chi connectivity index (χ1v) is 13.8. The van der Waals surface area contributed by atoms with E-state index in [-0.39, 0.29) is 27.7 Å². The van der Waals surface area contributed by atoms with Gasteiger partial charge in [-0.05, 0) is 64.1 Å². The molecule has 202 valence electrons. The summed E-state index contributed by atoms with van der Waals surface area (Å²) in [6, 6.07) is 18.7. The molecule has 38 heavy (non-hydrogen) atoms. The Labute approximate surface area is 228 Å². The highest BCUT2D eigenvalue weighted by atomic mass is 35.5. The third-order valence-electron chi connectivity index (χ3n) is 5.67. The second kappa shape index (κ2) is 12.0. The summed E-state index contributed by atoms with van der Waals surface area (Å²) in [7, 11) is -4.20. The molecular formula is C28H31ClFN3O4S. The van der Waals surface area contributed by atoms with Crippen LogP contribution in [-0.2, 0) is 26.2 Å². The molecule has 2 amide bonds. The minimum Gasteiger partial charge on any atom is -0.350 e. The van der Waals surface area contributed by atoms with Crippen molar-refractivity contribution in [1.29, 1.82) is 0 Å². The number of nitrogens with one attached hydrogen (secondary N) is 1. The molecule has 0 aliphatic rings. The number of benzene rings is 3. The monoisotopic (exact) mass is 559 g/mol. The zero-order valence-electron chi connectivity index (χ0n) is 21.7. The maximum Gasteiger partial charge on any atom is 0.264 e. The first-order valence-electron chi connectivity index (χ1n) is 12.0. The number of rotatable bonds is 9. The van der Waals surface area contributed by atoms with Gasteiger partial charge in [-0.2, -0.15) is 0 Å². The molecule has 0 aromatic heterocycles. The summed E-state index contributed by atoms with van der Waals surface area (Å²) in [4.78, 5) is 28.0. The van der Waals surface area contributed by atoms with Crippen LogP contribution in [0.1, 0.15) is 33.3 Å². The summed E-state index contributed by atoms with van der Waals surface area (Å²) < 4.78 is 42.9. The van der Waals surface area contributed by atoms with Gasteiger partial charge in [-0.3, -0.25) is 13.9 Å². The van der Waals surface area contributed by atoms with Gasteiger partial charge in [0.1, 0.15) is 18.4 Å². The van der Waals surface area contributed by atoms with Crippen molar-refractivity contribution in [2.75, 3.05) is 10.8 Å². The van der Waals surface area contributed by atoms with Crippen molar-refractivity contribution < 1.29 is 22.4 Å². The van der Waals surface area contributed by atoms with E-state index in [1.807, 2.05) is 0 Å². The van der Waals surface area contributed by atoms with Crippen molar-refractivity contribution >= 4 is 39.1 Å². The summed E-state index contributed by atoms with van der Waals surface area (Å²) >= 11 is 6.15. The molecule has 7 nitrogen and oxygen atoms in total. The van der Waals surface area contributed by atoms with Gasteiger partial charge in [-0.1, -0.05) is 54.1 Å². The van der Waals surface area contributed by atoms with Crippen LogP contribution in [0.15, 0.2) is 83.8 Å². The Morgan fingerprint density at radius 1 is 0.974 bits per heavy atom. The van der Waals surface area contributed by atoms with Crippen LogP contribution in [-0.4, -0.2) is 43.3 Å². The molecule has 0 fully saturated rings. The molecule has 0 unspecified atom stereocenters. The van der Waals surface area contributed by atoms with Crippen molar-refractivity contribution in [3.8, 4) is 0 Å². The highest BCUT2D eigenvalue weighted by Gasteiger charge is 2.33. The number of amides is 2. The van der Waals surface area contributed by atoms with Gasteiger partial charge in [0.05, 0.1) is 10.6 Å². The topological polar surface area (TPSA) is 86.8 Å². The molecular weight excluding hydrogens is 529 g/mol. The van der Waals surface area contributed by atoms with Crippen LogP contribution < -0.4 is 9.62 Å². The summed E-state index contributed by atoms with van der Waals surface area (Å²) in [6.07, 6.45) is 0. The van der Waals surface area contributed by atoms with E-state index in [0.717, 1.165) is 4.31 Å². The molecule has 0 aliphatic carbocycles. The minimum absolute atomic E-state index is 0.0213. The fourth-order valence-corrected chi connectivity index (χ4v) is 5.36. The van der Waals surface area contributed by atoms with E-state index >= 15 is 0 Å². The number of carbonyl (C=O) groups is 2. The first kappa shape index (κ1) is 29.1. The SMILES string of the molecule is C[C@H](C(=O)NC(C)(C)C)N(Cc1ccccc1F)C(=O)CN(c1cccc(Cl)c1)S(=O)(=O)c1ccccc1. The molecule has 0 saturated carbocycles. The van der Waals surface area contributed by atoms with Crippen molar-refractivity contribution in [2.45, 2.75) is 50.7 Å². The average molecular weight is 560 g/mol. The molecule has 3 aromatic carbocycles. The lowest BCUT2D eigenvalue weighted by Gasteiger charge is -2.33. The van der Waals surface area contributed by atoms with E-state index in [0.29, 0.717) is 0 Å². The van der Waals surface area contributed by atoms with E-state index in [1.165, 1.54) is 54.3 Å². The van der Waals surface area contributed by atoms with E-state index < -0.39 is 45.8 Å². The van der Waals surface area contributed by atoms with Gasteiger partial charge < -0.3 is 10.2 Å². The predicted molar refractivity (Wildman–Crippen MR) is 147 cm³/mol. The van der Waals surface area contributed by atoms with E-state index in [4.69, 9.17) is 11.6 Å². The van der Waals surface area contributed by atoms with Gasteiger partial charge in [-0.25, -0.2) is 12.8 Å². The highest BCUT2D eigenvalue weighted by molar-refractivity contribution is 7.92. The van der Waals surface area contributed by atoms with Crippen LogP contribution >= 0.6 is 11.6 Å². The summed E-state index contributed by atoms with van der Waals surface area (Å²) in [5.41, 5.74) is -0.217. The molecule has 0 bridgehead atoms. The molecule has 3 rings (SSSR count). The summed E-state index contributed by atoms with van der Waals surface area (Å²) in [6.45, 7) is 6.04. The van der Waals surface area contributed by atoms with Crippen LogP contribution in [0.25, 0.3) is 0 Å². The Kier molecular flexibility index (Phi) is 9.17. The maximum atomic E-state index is 14.6. The Balaban J connectivity index is 2.04. The maximum absolute atomic E-state index is 14.6. The Hall–Kier alpha value is -3.43. The number of sulfonamides is 1. The second-order valence-electron chi connectivity index (χ2n) is 9.83. The van der Waals surface area contributed by atoms with Crippen LogP contribution in [0.3, 0.4) is 0 Å². The molecule has 1 N–H and O–H groups in total. The summed E-state index contributed by atoms with van der Waals surface area (Å²) in [5, 5.41) is 3.11. The second-order valence-corrected chi connectivity index (χ2v) is 12.1. The molecule has 0 aliphatic heterocycles. The Morgan fingerprint density at radius 3 is 2.21 bits per heavy atom. The van der Waals surface area contributed by atoms with Crippen molar-refractivity contribution in [1.82, 2.24) is 10.2 Å². The smallest absolute Gasteiger partial charge is 0.264 e. The number of anilines is 1. The van der Waals surface area contributed by atoms with E-state index in [9.17, 15) is 22.4 Å². The van der Waals surface area contributed by atoms with Crippen molar-refractivity contribution in [2.24, 2.45) is 0 Å². The van der Waals surface area contributed by atoms with Gasteiger partial charge in [0.2, 0.25) is 11.8 Å². The fourth-order valence-electron chi connectivity index (χ4n) is 3.75. The highest BCUT2D eigenvalue weighted by Crippen LogP contribution is 2.27. The minimum atomic E-state index is -4.20. The fraction of sp³-hybridized carbons (Fsp3) is 0.286. The lowest BCUT2D eigenvalue weighted by molar-refractivity contribution is -0.140. The molecule has 0 spiro atoms. The Bertz CT molecular complexity index is 1390. The number of hydrogen-bond acceptors (Lipinski definition) is 4. The standard InChI is InChI=1S/C28H31ClFN3O4S/c1-20(27(35)31-28(2,3)4)32(18-21-11-8-9-16-25(21)30)26(34)19-33(23-13-10-12-22(29)17-23)38(36,37)24-14-6-5-7-15-24/h5-17,20H,18-19H2,1-4H3,(H,31,35)/t20-/m1/s1. The van der Waals surface area contributed by atoms with Gasteiger partial charge in [-0.15, -0.1) is 0 Å². The van der Waals surface area contributed by atoms with Crippen molar-refractivity contribution in [3.05, 3.63) is 95.3 Å². The molecule has 0 radical (unpaired) electrons. The summed E-state index contributed by atoms with van der Waals surface area (Å²) in [5.74, 6) is -1.69. The number of hydrogen-bond donors (Lipinski definition) is 1. The molecule has 1 atom stereocenters. The van der Waals surface area contributed by atoms with Crippen molar-refractivity contribution in [3.63, 3.8) is 0 Å². The average Bonchev–Trinajstić information content (AvgIpc) is 2.85. The lowest BCUT2D eigenvalue weighted by Crippen LogP contribution is -2.54. The van der Waals surface area contributed by atoms with Gasteiger partial charge in [0.25, 0.3) is 10.0 Å². The zero-order valence-corrected chi connectivity index (χ0v) is 23.3. The molecule has 10 heteroatoms. The third kappa shape index (κ3) is 7.33. The largest absolute Gasteiger partial charge is 0.350 e. The molecule has 3 aromatic rings. The lowest BCUT2D eigenvalue weighted by atomic mass is 10.1. The van der Waals surface area contributed by atoms with E-state index in [1.54, 1.807) is 57.2 Å². The number of nitrogens with zero attached hydrogens (tertiary/aromatic N) is 2. The Morgan fingerprint density at radius 2 is 1.61 bits per heavy atom. The van der Waals surface area contributed by atoms with Gasteiger partial charge >= 0.3 is 0 Å². The van der Waals surface area contributed by atoms with Gasteiger partial charge in [0, 0.05) is 22.7 Å². The molecule has 0 heterocycles. The normalized spacial score (nSPS) is 12.5. The third-order valence-corrected chi connectivity index (χ3v) is 7.69. The van der Waals surface area contributed by atoms with Crippen LogP contribution in [0.4, 0.5) is 10.1 Å². The van der Waals surface area contributed by atoms with E-state index in [2.05, 4.69) is 5.32 Å². The molecule has 0 saturated heterocycles. The number of carbonyl (C=O) groups excluding carboxylic acids is 2. The van der Waals surface area contributed by atoms with Gasteiger partial charge in [0.15, 0.2) is 0 Å². The zero-order chi connectivity index (χ0) is 28.1. The quantitative estimate of drug-likeness (QED) is 0.399. The van der Waals surface area contributed by atoms with Crippen LogP contribution in [0.2, 0.25) is 5.02 Å². The predicted octanol–water partition coefficient (Wildman–Crippen LogP) is 5.01. The van der Waals surface area contributed by atoms with Crippen LogP contribution in [0, 0.1) is 5.82 Å². The number of halogens is 2.